The Morgan fingerprint density at radius 2 is 2.00 bits per heavy atom. The summed E-state index contributed by atoms with van der Waals surface area (Å²) in [6, 6.07) is 5.99. The summed E-state index contributed by atoms with van der Waals surface area (Å²) >= 11 is 0. The molecule has 1 aromatic carbocycles. The van der Waals surface area contributed by atoms with Crippen LogP contribution in [0.15, 0.2) is 24.4 Å². The SMILES string of the molecule is COc1ccc(CNc2nc(C)cnc2C)c(OC2CCCC2)c1. The van der Waals surface area contributed by atoms with Gasteiger partial charge in [0.25, 0.3) is 0 Å². The second-order valence-electron chi connectivity index (χ2n) is 6.30. The highest BCUT2D eigenvalue weighted by Gasteiger charge is 2.18. The van der Waals surface area contributed by atoms with Gasteiger partial charge in [-0.3, -0.25) is 4.98 Å². The van der Waals surface area contributed by atoms with E-state index >= 15 is 0 Å². The summed E-state index contributed by atoms with van der Waals surface area (Å²) in [5.41, 5.74) is 2.90. The number of hydrogen-bond acceptors (Lipinski definition) is 5. The summed E-state index contributed by atoms with van der Waals surface area (Å²) in [5.74, 6) is 2.53. The van der Waals surface area contributed by atoms with Crippen LogP contribution in [0.5, 0.6) is 11.5 Å². The molecular formula is C19H25N3O2. The standard InChI is InChI=1S/C19H25N3O2/c1-13-11-20-14(2)19(22-13)21-12-15-8-9-17(23-3)10-18(15)24-16-6-4-5-7-16/h8-11,16H,4-7,12H2,1-3H3,(H,21,22). The summed E-state index contributed by atoms with van der Waals surface area (Å²) in [6.07, 6.45) is 6.86. The molecule has 1 aliphatic carbocycles. The molecule has 24 heavy (non-hydrogen) atoms. The number of aromatic nitrogens is 2. The minimum atomic E-state index is 0.316. The van der Waals surface area contributed by atoms with Crippen LogP contribution in [0, 0.1) is 13.8 Å². The van der Waals surface area contributed by atoms with Crippen LogP contribution in [0.25, 0.3) is 0 Å². The molecule has 1 aromatic heterocycles. The first kappa shape index (κ1) is 16.6. The van der Waals surface area contributed by atoms with Crippen molar-refractivity contribution < 1.29 is 9.47 Å². The molecule has 1 fully saturated rings. The molecule has 5 heteroatoms. The highest BCUT2D eigenvalue weighted by Crippen LogP contribution is 2.30. The molecule has 1 aliphatic rings. The predicted molar refractivity (Wildman–Crippen MR) is 94.7 cm³/mol. The van der Waals surface area contributed by atoms with Gasteiger partial charge in [-0.2, -0.15) is 0 Å². The minimum absolute atomic E-state index is 0.316. The molecule has 0 aliphatic heterocycles. The van der Waals surface area contributed by atoms with Crippen molar-refractivity contribution in [3.8, 4) is 11.5 Å². The maximum absolute atomic E-state index is 6.24. The zero-order chi connectivity index (χ0) is 16.9. The van der Waals surface area contributed by atoms with E-state index in [2.05, 4.69) is 21.4 Å². The van der Waals surface area contributed by atoms with E-state index in [0.29, 0.717) is 12.6 Å². The average molecular weight is 327 g/mol. The zero-order valence-electron chi connectivity index (χ0n) is 14.6. The molecular weight excluding hydrogens is 302 g/mol. The van der Waals surface area contributed by atoms with Crippen LogP contribution in [-0.2, 0) is 6.54 Å². The molecule has 0 spiro atoms. The molecule has 0 radical (unpaired) electrons. The van der Waals surface area contributed by atoms with E-state index in [1.165, 1.54) is 12.8 Å². The Kier molecular flexibility index (Phi) is 5.18. The quantitative estimate of drug-likeness (QED) is 0.868. The molecule has 2 aromatic rings. The van der Waals surface area contributed by atoms with E-state index in [1.54, 1.807) is 13.3 Å². The lowest BCUT2D eigenvalue weighted by Gasteiger charge is -2.18. The third-order valence-corrected chi connectivity index (χ3v) is 4.39. The molecule has 0 amide bonds. The fourth-order valence-corrected chi connectivity index (χ4v) is 2.99. The summed E-state index contributed by atoms with van der Waals surface area (Å²) in [6.45, 7) is 4.55. The lowest BCUT2D eigenvalue weighted by Crippen LogP contribution is -2.13. The fraction of sp³-hybridized carbons (Fsp3) is 0.474. The lowest BCUT2D eigenvalue weighted by atomic mass is 10.1. The van der Waals surface area contributed by atoms with Crippen LogP contribution >= 0.6 is 0 Å². The van der Waals surface area contributed by atoms with Gasteiger partial charge in [0.15, 0.2) is 0 Å². The van der Waals surface area contributed by atoms with Gasteiger partial charge < -0.3 is 14.8 Å². The van der Waals surface area contributed by atoms with Gasteiger partial charge in [0.2, 0.25) is 0 Å². The van der Waals surface area contributed by atoms with Crippen molar-refractivity contribution in [3.63, 3.8) is 0 Å². The fourth-order valence-electron chi connectivity index (χ4n) is 2.99. The predicted octanol–water partition coefficient (Wildman–Crippen LogP) is 4.04. The van der Waals surface area contributed by atoms with Crippen molar-refractivity contribution in [3.05, 3.63) is 41.3 Å². The smallest absolute Gasteiger partial charge is 0.148 e. The summed E-state index contributed by atoms with van der Waals surface area (Å²) in [4.78, 5) is 8.86. The molecule has 1 N–H and O–H groups in total. The number of methoxy groups -OCH3 is 1. The molecule has 0 atom stereocenters. The molecule has 3 rings (SSSR count). The minimum Gasteiger partial charge on any atom is -0.497 e. The Bertz CT molecular complexity index is 697. The van der Waals surface area contributed by atoms with Gasteiger partial charge in [-0.15, -0.1) is 0 Å². The number of anilines is 1. The molecule has 0 saturated heterocycles. The number of nitrogens with one attached hydrogen (secondary N) is 1. The van der Waals surface area contributed by atoms with Gasteiger partial charge in [0.05, 0.1) is 24.6 Å². The lowest BCUT2D eigenvalue weighted by molar-refractivity contribution is 0.207. The van der Waals surface area contributed by atoms with E-state index in [9.17, 15) is 0 Å². The zero-order valence-corrected chi connectivity index (χ0v) is 14.6. The highest BCUT2D eigenvalue weighted by molar-refractivity contribution is 5.45. The third kappa shape index (κ3) is 3.96. The van der Waals surface area contributed by atoms with Crippen LogP contribution in [0.2, 0.25) is 0 Å². The van der Waals surface area contributed by atoms with Gasteiger partial charge >= 0.3 is 0 Å². The van der Waals surface area contributed by atoms with Crippen molar-refractivity contribution in [1.29, 1.82) is 0 Å². The number of rotatable bonds is 6. The van der Waals surface area contributed by atoms with Crippen molar-refractivity contribution >= 4 is 5.82 Å². The van der Waals surface area contributed by atoms with E-state index in [0.717, 1.165) is 47.1 Å². The first-order valence-electron chi connectivity index (χ1n) is 8.53. The normalized spacial score (nSPS) is 14.6. The van der Waals surface area contributed by atoms with Gasteiger partial charge in [0, 0.05) is 24.4 Å². The summed E-state index contributed by atoms with van der Waals surface area (Å²) < 4.78 is 11.6. The van der Waals surface area contributed by atoms with Gasteiger partial charge in [0.1, 0.15) is 17.3 Å². The number of nitrogens with zero attached hydrogens (tertiary/aromatic N) is 2. The van der Waals surface area contributed by atoms with E-state index in [-0.39, 0.29) is 0 Å². The molecule has 0 bridgehead atoms. The Balaban J connectivity index is 1.77. The Hall–Kier alpha value is -2.30. The summed E-state index contributed by atoms with van der Waals surface area (Å²) in [5, 5.41) is 3.38. The van der Waals surface area contributed by atoms with E-state index < -0.39 is 0 Å². The van der Waals surface area contributed by atoms with Crippen LogP contribution < -0.4 is 14.8 Å². The molecule has 1 heterocycles. The van der Waals surface area contributed by atoms with Gasteiger partial charge in [-0.05, 0) is 51.7 Å². The second kappa shape index (κ2) is 7.51. The molecule has 5 nitrogen and oxygen atoms in total. The Morgan fingerprint density at radius 3 is 2.75 bits per heavy atom. The number of hydrogen-bond donors (Lipinski definition) is 1. The van der Waals surface area contributed by atoms with Gasteiger partial charge in [-0.1, -0.05) is 0 Å². The third-order valence-electron chi connectivity index (χ3n) is 4.39. The Labute approximate surface area is 143 Å². The second-order valence-corrected chi connectivity index (χ2v) is 6.30. The molecule has 0 unspecified atom stereocenters. The molecule has 1 saturated carbocycles. The number of benzene rings is 1. The van der Waals surface area contributed by atoms with E-state index in [1.807, 2.05) is 26.0 Å². The largest absolute Gasteiger partial charge is 0.497 e. The van der Waals surface area contributed by atoms with Gasteiger partial charge in [-0.25, -0.2) is 4.98 Å². The van der Waals surface area contributed by atoms with Crippen molar-refractivity contribution in [2.75, 3.05) is 12.4 Å². The van der Waals surface area contributed by atoms with Crippen LogP contribution in [0.1, 0.15) is 42.6 Å². The monoisotopic (exact) mass is 327 g/mol. The van der Waals surface area contributed by atoms with Crippen LogP contribution in [0.3, 0.4) is 0 Å². The maximum Gasteiger partial charge on any atom is 0.148 e. The average Bonchev–Trinajstić information content (AvgIpc) is 3.09. The van der Waals surface area contributed by atoms with Crippen LogP contribution in [-0.4, -0.2) is 23.2 Å². The highest BCUT2D eigenvalue weighted by atomic mass is 16.5. The van der Waals surface area contributed by atoms with Crippen molar-refractivity contribution in [2.45, 2.75) is 52.2 Å². The summed E-state index contributed by atoms with van der Waals surface area (Å²) in [7, 11) is 1.68. The van der Waals surface area contributed by atoms with Crippen LogP contribution in [0.4, 0.5) is 5.82 Å². The number of aryl methyl sites for hydroxylation is 2. The topological polar surface area (TPSA) is 56.3 Å². The Morgan fingerprint density at radius 1 is 1.21 bits per heavy atom. The molecule has 128 valence electrons. The van der Waals surface area contributed by atoms with Crippen molar-refractivity contribution in [2.24, 2.45) is 0 Å². The first-order chi connectivity index (χ1) is 11.7. The number of ether oxygens (including phenoxy) is 2. The van der Waals surface area contributed by atoms with Crippen molar-refractivity contribution in [1.82, 2.24) is 9.97 Å². The van der Waals surface area contributed by atoms with E-state index in [4.69, 9.17) is 9.47 Å². The maximum atomic E-state index is 6.24. The first-order valence-corrected chi connectivity index (χ1v) is 8.53.